The van der Waals surface area contributed by atoms with Crippen molar-refractivity contribution in [1.29, 1.82) is 0 Å². The maximum atomic E-state index is 13.6. The van der Waals surface area contributed by atoms with Crippen LogP contribution in [0.2, 0.25) is 0 Å². The molecule has 0 amide bonds. The Morgan fingerprint density at radius 3 is 2.74 bits per heavy atom. The van der Waals surface area contributed by atoms with E-state index in [9.17, 15) is 4.39 Å². The Morgan fingerprint density at radius 1 is 1.37 bits per heavy atom. The quantitative estimate of drug-likeness (QED) is 0.713. The number of rotatable bonds is 8. The second-order valence-corrected chi connectivity index (χ2v) is 4.55. The number of nitrogens with two attached hydrogens (primary N) is 1. The van der Waals surface area contributed by atoms with E-state index >= 15 is 0 Å². The number of benzene rings is 1. The summed E-state index contributed by atoms with van der Waals surface area (Å²) < 4.78 is 24.0. The summed E-state index contributed by atoms with van der Waals surface area (Å²) in [4.78, 5) is 0. The third-order valence-corrected chi connectivity index (χ3v) is 2.72. The van der Waals surface area contributed by atoms with Gasteiger partial charge in [0.1, 0.15) is 0 Å². The highest BCUT2D eigenvalue weighted by atomic mass is 19.1. The molecular weight excluding hydrogens is 247 g/mol. The van der Waals surface area contributed by atoms with Crippen molar-refractivity contribution < 1.29 is 13.9 Å². The van der Waals surface area contributed by atoms with E-state index in [2.05, 4.69) is 5.32 Å². The molecule has 0 aliphatic heterocycles. The minimum atomic E-state index is -0.430. The van der Waals surface area contributed by atoms with Crippen molar-refractivity contribution in [3.05, 3.63) is 17.9 Å². The minimum Gasteiger partial charge on any atom is -0.490 e. The summed E-state index contributed by atoms with van der Waals surface area (Å²) in [5, 5.41) is 3.24. The minimum absolute atomic E-state index is 0.187. The van der Waals surface area contributed by atoms with Gasteiger partial charge >= 0.3 is 0 Å². The van der Waals surface area contributed by atoms with E-state index in [4.69, 9.17) is 15.2 Å². The van der Waals surface area contributed by atoms with Gasteiger partial charge in [0.15, 0.2) is 11.6 Å². The lowest BCUT2D eigenvalue weighted by Crippen LogP contribution is -2.18. The van der Waals surface area contributed by atoms with Crippen molar-refractivity contribution in [1.82, 2.24) is 0 Å². The molecule has 0 spiro atoms. The van der Waals surface area contributed by atoms with E-state index in [0.29, 0.717) is 24.6 Å². The molecule has 1 aromatic carbocycles. The molecule has 1 atom stereocenters. The van der Waals surface area contributed by atoms with Gasteiger partial charge in [0.05, 0.1) is 18.0 Å². The molecule has 0 aromatic heterocycles. The molecule has 0 aliphatic carbocycles. The Kier molecular flexibility index (Phi) is 6.42. The van der Waals surface area contributed by atoms with Crippen LogP contribution in [0.4, 0.5) is 15.8 Å². The van der Waals surface area contributed by atoms with Gasteiger partial charge in [0.2, 0.25) is 0 Å². The van der Waals surface area contributed by atoms with Crippen molar-refractivity contribution in [3.8, 4) is 5.75 Å². The van der Waals surface area contributed by atoms with E-state index in [-0.39, 0.29) is 11.8 Å². The summed E-state index contributed by atoms with van der Waals surface area (Å²) in [7, 11) is 1.66. The molecule has 0 heterocycles. The smallest absolute Gasteiger partial charge is 0.167 e. The Bertz CT molecular complexity index is 399. The zero-order valence-electron chi connectivity index (χ0n) is 11.8. The van der Waals surface area contributed by atoms with E-state index in [1.165, 1.54) is 6.07 Å². The molecule has 1 rings (SSSR count). The molecule has 0 saturated carbocycles. The lowest BCUT2D eigenvalue weighted by Gasteiger charge is -2.18. The predicted molar refractivity (Wildman–Crippen MR) is 76.2 cm³/mol. The second kappa shape index (κ2) is 7.84. The van der Waals surface area contributed by atoms with Crippen LogP contribution in [0.25, 0.3) is 0 Å². The van der Waals surface area contributed by atoms with Crippen molar-refractivity contribution in [2.24, 2.45) is 0 Å². The van der Waals surface area contributed by atoms with Gasteiger partial charge in [-0.25, -0.2) is 4.39 Å². The molecule has 0 aliphatic rings. The summed E-state index contributed by atoms with van der Waals surface area (Å²) in [6, 6.07) is 3.09. The third kappa shape index (κ3) is 4.95. The zero-order chi connectivity index (χ0) is 14.3. The van der Waals surface area contributed by atoms with Crippen LogP contribution in [-0.4, -0.2) is 26.4 Å². The number of anilines is 2. The number of hydrogen-bond acceptors (Lipinski definition) is 4. The number of methoxy groups -OCH3 is 1. The molecule has 0 radical (unpaired) electrons. The molecule has 108 valence electrons. The van der Waals surface area contributed by atoms with E-state index in [1.54, 1.807) is 13.2 Å². The number of nitrogen functional groups attached to an aromatic ring is 1. The van der Waals surface area contributed by atoms with Crippen LogP contribution in [0.5, 0.6) is 5.75 Å². The average Bonchev–Trinajstić information content (AvgIpc) is 2.38. The summed E-state index contributed by atoms with van der Waals surface area (Å²) in [5.41, 5.74) is 6.88. The summed E-state index contributed by atoms with van der Waals surface area (Å²) in [5.74, 6) is -0.196. The molecule has 1 unspecified atom stereocenters. The molecule has 3 N–H and O–H groups in total. The van der Waals surface area contributed by atoms with Gasteiger partial charge in [-0.1, -0.05) is 6.92 Å². The first-order chi connectivity index (χ1) is 9.08. The lowest BCUT2D eigenvalue weighted by molar-refractivity contribution is 0.191. The second-order valence-electron chi connectivity index (χ2n) is 4.55. The molecule has 0 bridgehead atoms. The van der Waals surface area contributed by atoms with Gasteiger partial charge in [0, 0.05) is 31.9 Å². The highest BCUT2D eigenvalue weighted by molar-refractivity contribution is 5.68. The Balaban J connectivity index is 2.76. The van der Waals surface area contributed by atoms with Gasteiger partial charge in [-0.15, -0.1) is 0 Å². The Hall–Kier alpha value is -1.49. The van der Waals surface area contributed by atoms with Crippen LogP contribution in [0.15, 0.2) is 12.1 Å². The topological polar surface area (TPSA) is 56.5 Å². The Labute approximate surface area is 114 Å². The maximum Gasteiger partial charge on any atom is 0.167 e. The van der Waals surface area contributed by atoms with Crippen LogP contribution in [0.3, 0.4) is 0 Å². The highest BCUT2D eigenvalue weighted by Crippen LogP contribution is 2.29. The SMILES string of the molecule is CCCOc1cc(NC(C)CCOC)c(N)cc1F. The number of hydrogen-bond donors (Lipinski definition) is 2. The van der Waals surface area contributed by atoms with Crippen molar-refractivity contribution >= 4 is 11.4 Å². The van der Waals surface area contributed by atoms with Gasteiger partial charge < -0.3 is 20.5 Å². The first-order valence-corrected chi connectivity index (χ1v) is 6.55. The largest absolute Gasteiger partial charge is 0.490 e. The Morgan fingerprint density at radius 2 is 2.11 bits per heavy atom. The summed E-state index contributed by atoms with van der Waals surface area (Å²) in [6.45, 7) is 5.14. The normalized spacial score (nSPS) is 12.2. The monoisotopic (exact) mass is 270 g/mol. The zero-order valence-corrected chi connectivity index (χ0v) is 11.8. The molecule has 5 heteroatoms. The predicted octanol–water partition coefficient (Wildman–Crippen LogP) is 3.03. The van der Waals surface area contributed by atoms with Crippen molar-refractivity contribution in [2.75, 3.05) is 31.4 Å². The third-order valence-electron chi connectivity index (χ3n) is 2.72. The molecule has 1 aromatic rings. The fourth-order valence-electron chi connectivity index (χ4n) is 1.65. The van der Waals surface area contributed by atoms with Gasteiger partial charge in [-0.2, -0.15) is 0 Å². The van der Waals surface area contributed by atoms with Gasteiger partial charge in [-0.05, 0) is 19.8 Å². The molecule has 0 fully saturated rings. The van der Waals surface area contributed by atoms with E-state index in [0.717, 1.165) is 12.8 Å². The van der Waals surface area contributed by atoms with Crippen LogP contribution in [0, 0.1) is 5.82 Å². The molecular formula is C14H23FN2O2. The first kappa shape index (κ1) is 15.6. The first-order valence-electron chi connectivity index (χ1n) is 6.55. The number of halogens is 1. The summed E-state index contributed by atoms with van der Waals surface area (Å²) >= 11 is 0. The van der Waals surface area contributed by atoms with Crippen molar-refractivity contribution in [3.63, 3.8) is 0 Å². The van der Waals surface area contributed by atoms with Crippen molar-refractivity contribution in [2.45, 2.75) is 32.7 Å². The van der Waals surface area contributed by atoms with Gasteiger partial charge in [-0.3, -0.25) is 0 Å². The fourth-order valence-corrected chi connectivity index (χ4v) is 1.65. The van der Waals surface area contributed by atoms with Gasteiger partial charge in [0.25, 0.3) is 0 Å². The lowest BCUT2D eigenvalue weighted by atomic mass is 10.2. The average molecular weight is 270 g/mol. The molecule has 19 heavy (non-hydrogen) atoms. The summed E-state index contributed by atoms with van der Waals surface area (Å²) in [6.07, 6.45) is 1.68. The van der Waals surface area contributed by atoms with Crippen LogP contribution < -0.4 is 15.8 Å². The van der Waals surface area contributed by atoms with Crippen LogP contribution in [0.1, 0.15) is 26.7 Å². The van der Waals surface area contributed by atoms with E-state index < -0.39 is 5.82 Å². The maximum absolute atomic E-state index is 13.6. The number of nitrogens with one attached hydrogen (secondary N) is 1. The standard InChI is InChI=1S/C14H23FN2O2/c1-4-6-19-14-9-13(12(16)8-11(14)15)17-10(2)5-7-18-3/h8-10,17H,4-7,16H2,1-3H3. The van der Waals surface area contributed by atoms with Crippen LogP contribution >= 0.6 is 0 Å². The molecule has 4 nitrogen and oxygen atoms in total. The van der Waals surface area contributed by atoms with E-state index in [1.807, 2.05) is 13.8 Å². The van der Waals surface area contributed by atoms with Crippen LogP contribution in [-0.2, 0) is 4.74 Å². The molecule has 0 saturated heterocycles. The fraction of sp³-hybridized carbons (Fsp3) is 0.571. The highest BCUT2D eigenvalue weighted by Gasteiger charge is 2.11. The number of ether oxygens (including phenoxy) is 2.